The van der Waals surface area contributed by atoms with E-state index in [0.717, 1.165) is 12.8 Å². The Balaban J connectivity index is 3.51. The Bertz CT molecular complexity index is 150. The second kappa shape index (κ2) is 6.14. The number of Topliss-reactive ketones (excluding diaryl/α,β-unsaturated/α-hetero) is 1. The molecule has 0 heterocycles. The number of rotatable bonds is 6. The highest BCUT2D eigenvalue weighted by molar-refractivity contribution is 5.82. The van der Waals surface area contributed by atoms with E-state index in [4.69, 9.17) is 5.11 Å². The van der Waals surface area contributed by atoms with Crippen molar-refractivity contribution in [3.8, 4) is 0 Å². The number of carbonyl (C=O) groups is 1. The fourth-order valence-electron chi connectivity index (χ4n) is 1.14. The van der Waals surface area contributed by atoms with E-state index in [2.05, 4.69) is 20.8 Å². The maximum Gasteiger partial charge on any atom is 0.160 e. The molecule has 0 aliphatic heterocycles. The van der Waals surface area contributed by atoms with E-state index in [1.165, 1.54) is 6.92 Å². The van der Waals surface area contributed by atoms with Crippen molar-refractivity contribution in [2.24, 2.45) is 11.8 Å². The Hall–Kier alpha value is -0.370. The lowest BCUT2D eigenvalue weighted by molar-refractivity contribution is -0.126. The standard InChI is InChI=1S/C11H22O2/c1-8(2)9(3)6-5-7-11(13)10(4)12/h8-10,12H,5-7H2,1-4H3. The van der Waals surface area contributed by atoms with Crippen LogP contribution in [-0.4, -0.2) is 17.0 Å². The van der Waals surface area contributed by atoms with Gasteiger partial charge >= 0.3 is 0 Å². The summed E-state index contributed by atoms with van der Waals surface area (Å²) in [7, 11) is 0. The van der Waals surface area contributed by atoms with Crippen LogP contribution < -0.4 is 0 Å². The van der Waals surface area contributed by atoms with E-state index in [1.807, 2.05) is 0 Å². The maximum atomic E-state index is 11.0. The molecule has 0 saturated heterocycles. The Morgan fingerprint density at radius 1 is 1.23 bits per heavy atom. The lowest BCUT2D eigenvalue weighted by atomic mass is 9.92. The number of hydrogen-bond acceptors (Lipinski definition) is 2. The summed E-state index contributed by atoms with van der Waals surface area (Å²) >= 11 is 0. The van der Waals surface area contributed by atoms with Crippen molar-refractivity contribution >= 4 is 5.78 Å². The second-order valence-electron chi connectivity index (χ2n) is 4.26. The predicted molar refractivity (Wildman–Crippen MR) is 54.5 cm³/mol. The molecule has 0 radical (unpaired) electrons. The summed E-state index contributed by atoms with van der Waals surface area (Å²) in [6, 6.07) is 0. The van der Waals surface area contributed by atoms with Gasteiger partial charge < -0.3 is 5.11 Å². The molecular formula is C11H22O2. The lowest BCUT2D eigenvalue weighted by Crippen LogP contribution is -2.16. The molecule has 0 rings (SSSR count). The largest absolute Gasteiger partial charge is 0.386 e. The first kappa shape index (κ1) is 12.6. The summed E-state index contributed by atoms with van der Waals surface area (Å²) in [6.07, 6.45) is 1.72. The van der Waals surface area contributed by atoms with Crippen LogP contribution in [0.2, 0.25) is 0 Å². The minimum Gasteiger partial charge on any atom is -0.386 e. The van der Waals surface area contributed by atoms with E-state index in [0.29, 0.717) is 18.3 Å². The molecule has 2 unspecified atom stereocenters. The first-order valence-corrected chi connectivity index (χ1v) is 5.16. The molecule has 2 nitrogen and oxygen atoms in total. The molecule has 0 amide bonds. The van der Waals surface area contributed by atoms with Gasteiger partial charge in [-0.25, -0.2) is 0 Å². The monoisotopic (exact) mass is 186 g/mol. The van der Waals surface area contributed by atoms with E-state index < -0.39 is 6.10 Å². The topological polar surface area (TPSA) is 37.3 Å². The van der Waals surface area contributed by atoms with Gasteiger partial charge in [0.25, 0.3) is 0 Å². The van der Waals surface area contributed by atoms with Crippen LogP contribution in [0, 0.1) is 11.8 Å². The van der Waals surface area contributed by atoms with Crippen LogP contribution in [0.4, 0.5) is 0 Å². The summed E-state index contributed by atoms with van der Waals surface area (Å²) in [5.74, 6) is 1.32. The van der Waals surface area contributed by atoms with Gasteiger partial charge in [0.1, 0.15) is 6.10 Å². The summed E-state index contributed by atoms with van der Waals surface area (Å²) in [5, 5.41) is 8.95. The van der Waals surface area contributed by atoms with Gasteiger partial charge in [0.15, 0.2) is 5.78 Å². The highest BCUT2D eigenvalue weighted by Gasteiger charge is 2.11. The third kappa shape index (κ3) is 5.81. The Morgan fingerprint density at radius 2 is 1.77 bits per heavy atom. The highest BCUT2D eigenvalue weighted by atomic mass is 16.3. The molecule has 0 saturated carbocycles. The van der Waals surface area contributed by atoms with Crippen LogP contribution >= 0.6 is 0 Å². The molecule has 1 N–H and O–H groups in total. The van der Waals surface area contributed by atoms with Crippen LogP contribution in [0.3, 0.4) is 0 Å². The minimum atomic E-state index is -0.783. The third-order valence-electron chi connectivity index (χ3n) is 2.69. The molecule has 0 spiro atoms. The van der Waals surface area contributed by atoms with Crippen molar-refractivity contribution < 1.29 is 9.90 Å². The first-order chi connectivity index (χ1) is 5.95. The molecule has 0 bridgehead atoms. The fourth-order valence-corrected chi connectivity index (χ4v) is 1.14. The Kier molecular flexibility index (Phi) is 5.97. The molecule has 0 aromatic rings. The molecule has 0 aromatic heterocycles. The van der Waals surface area contributed by atoms with Crippen LogP contribution in [0.5, 0.6) is 0 Å². The van der Waals surface area contributed by atoms with Crippen LogP contribution in [0.1, 0.15) is 47.0 Å². The van der Waals surface area contributed by atoms with E-state index in [1.54, 1.807) is 0 Å². The van der Waals surface area contributed by atoms with Crippen molar-refractivity contribution in [1.29, 1.82) is 0 Å². The second-order valence-corrected chi connectivity index (χ2v) is 4.26. The third-order valence-corrected chi connectivity index (χ3v) is 2.69. The average Bonchev–Trinajstić information content (AvgIpc) is 2.03. The van der Waals surface area contributed by atoms with Gasteiger partial charge in [0.2, 0.25) is 0 Å². The molecule has 2 heteroatoms. The van der Waals surface area contributed by atoms with Gasteiger partial charge in [0, 0.05) is 6.42 Å². The number of aliphatic hydroxyl groups excluding tert-OH is 1. The smallest absolute Gasteiger partial charge is 0.160 e. The zero-order chi connectivity index (χ0) is 10.4. The van der Waals surface area contributed by atoms with E-state index in [-0.39, 0.29) is 5.78 Å². The fraction of sp³-hybridized carbons (Fsp3) is 0.909. The van der Waals surface area contributed by atoms with E-state index in [9.17, 15) is 4.79 Å². The number of aliphatic hydroxyl groups is 1. The minimum absolute atomic E-state index is 0.0315. The average molecular weight is 186 g/mol. The Morgan fingerprint density at radius 3 is 2.15 bits per heavy atom. The molecule has 0 aliphatic rings. The van der Waals surface area contributed by atoms with E-state index >= 15 is 0 Å². The van der Waals surface area contributed by atoms with Crippen molar-refractivity contribution in [3.63, 3.8) is 0 Å². The number of hydrogen-bond donors (Lipinski definition) is 1. The van der Waals surface area contributed by atoms with Gasteiger partial charge in [-0.05, 0) is 25.2 Å². The first-order valence-electron chi connectivity index (χ1n) is 5.16. The van der Waals surface area contributed by atoms with Crippen LogP contribution in [-0.2, 0) is 4.79 Å². The van der Waals surface area contributed by atoms with Gasteiger partial charge in [-0.2, -0.15) is 0 Å². The van der Waals surface area contributed by atoms with Gasteiger partial charge in [0.05, 0.1) is 0 Å². The summed E-state index contributed by atoms with van der Waals surface area (Å²) < 4.78 is 0. The van der Waals surface area contributed by atoms with Gasteiger partial charge in [-0.15, -0.1) is 0 Å². The van der Waals surface area contributed by atoms with Crippen LogP contribution in [0.15, 0.2) is 0 Å². The van der Waals surface area contributed by atoms with Crippen molar-refractivity contribution in [2.45, 2.75) is 53.1 Å². The molecule has 13 heavy (non-hydrogen) atoms. The zero-order valence-corrected chi connectivity index (χ0v) is 9.21. The lowest BCUT2D eigenvalue weighted by Gasteiger charge is -2.14. The molecule has 78 valence electrons. The normalized spacial score (nSPS) is 15.8. The van der Waals surface area contributed by atoms with Crippen LogP contribution in [0.25, 0.3) is 0 Å². The molecule has 0 aliphatic carbocycles. The molecule has 0 fully saturated rings. The number of ketones is 1. The molecule has 0 aromatic carbocycles. The maximum absolute atomic E-state index is 11.0. The van der Waals surface area contributed by atoms with Gasteiger partial charge in [-0.1, -0.05) is 27.2 Å². The summed E-state index contributed by atoms with van der Waals surface area (Å²) in [6.45, 7) is 8.13. The summed E-state index contributed by atoms with van der Waals surface area (Å²) in [5.41, 5.74) is 0. The van der Waals surface area contributed by atoms with Crippen molar-refractivity contribution in [1.82, 2.24) is 0 Å². The number of carbonyl (C=O) groups excluding carboxylic acids is 1. The Labute approximate surface area is 81.3 Å². The van der Waals surface area contributed by atoms with Gasteiger partial charge in [-0.3, -0.25) is 4.79 Å². The SMILES string of the molecule is CC(O)C(=O)CCCC(C)C(C)C. The zero-order valence-electron chi connectivity index (χ0n) is 9.21. The molecular weight excluding hydrogens is 164 g/mol. The van der Waals surface area contributed by atoms with Crippen molar-refractivity contribution in [3.05, 3.63) is 0 Å². The quantitative estimate of drug-likeness (QED) is 0.691. The highest BCUT2D eigenvalue weighted by Crippen LogP contribution is 2.17. The predicted octanol–water partition coefficient (Wildman–Crippen LogP) is 2.40. The van der Waals surface area contributed by atoms with Crippen molar-refractivity contribution in [2.75, 3.05) is 0 Å². The summed E-state index contributed by atoms with van der Waals surface area (Å²) in [4.78, 5) is 11.0. The molecule has 2 atom stereocenters.